The lowest BCUT2D eigenvalue weighted by atomic mass is 10.2. The minimum Gasteiger partial charge on any atom is -0.376 e. The number of anilines is 1. The van der Waals surface area contributed by atoms with Crippen LogP contribution in [-0.4, -0.2) is 32.3 Å². The van der Waals surface area contributed by atoms with Crippen LogP contribution in [0.5, 0.6) is 0 Å². The molecule has 1 saturated heterocycles. The highest BCUT2D eigenvalue weighted by Crippen LogP contribution is 2.22. The van der Waals surface area contributed by atoms with Gasteiger partial charge in [0.05, 0.1) is 6.10 Å². The molecule has 0 aromatic heterocycles. The number of aryl methyl sites for hydroxylation is 1. The summed E-state index contributed by atoms with van der Waals surface area (Å²) in [5.41, 5.74) is 8.07. The number of benzene rings is 1. The van der Waals surface area contributed by atoms with Gasteiger partial charge in [0.15, 0.2) is 0 Å². The van der Waals surface area contributed by atoms with Gasteiger partial charge in [0.1, 0.15) is 0 Å². The van der Waals surface area contributed by atoms with Crippen LogP contribution in [0.2, 0.25) is 0 Å². The van der Waals surface area contributed by atoms with Crippen LogP contribution < -0.4 is 10.6 Å². The summed E-state index contributed by atoms with van der Waals surface area (Å²) < 4.78 is 5.80. The molecule has 1 fully saturated rings. The first-order valence-corrected chi connectivity index (χ1v) is 6.43. The summed E-state index contributed by atoms with van der Waals surface area (Å²) in [6, 6.07) is 8.71. The first-order chi connectivity index (χ1) is 8.29. The summed E-state index contributed by atoms with van der Waals surface area (Å²) in [5.74, 6) is 0. The molecule has 1 atom stereocenters. The van der Waals surface area contributed by atoms with Gasteiger partial charge in [-0.15, -0.1) is 0 Å². The second-order valence-corrected chi connectivity index (χ2v) is 4.71. The van der Waals surface area contributed by atoms with Gasteiger partial charge in [0.2, 0.25) is 0 Å². The Morgan fingerprint density at radius 3 is 2.82 bits per heavy atom. The van der Waals surface area contributed by atoms with E-state index in [4.69, 9.17) is 10.5 Å². The smallest absolute Gasteiger partial charge is 0.0766 e. The SMILES string of the molecule is Cc1ccc(N2CC[C@@H](OCCCN)C2)cc1. The van der Waals surface area contributed by atoms with E-state index < -0.39 is 0 Å². The van der Waals surface area contributed by atoms with Crippen LogP contribution in [0.25, 0.3) is 0 Å². The molecular weight excluding hydrogens is 212 g/mol. The van der Waals surface area contributed by atoms with E-state index in [0.29, 0.717) is 12.6 Å². The Morgan fingerprint density at radius 2 is 2.12 bits per heavy atom. The maximum absolute atomic E-state index is 5.80. The Hall–Kier alpha value is -1.06. The number of nitrogens with two attached hydrogens (primary N) is 1. The van der Waals surface area contributed by atoms with E-state index >= 15 is 0 Å². The van der Waals surface area contributed by atoms with Crippen LogP contribution in [-0.2, 0) is 4.74 Å². The molecule has 0 radical (unpaired) electrons. The zero-order chi connectivity index (χ0) is 12.1. The molecule has 3 heteroatoms. The zero-order valence-electron chi connectivity index (χ0n) is 10.6. The van der Waals surface area contributed by atoms with Crippen molar-refractivity contribution in [3.05, 3.63) is 29.8 Å². The van der Waals surface area contributed by atoms with Crippen molar-refractivity contribution in [1.29, 1.82) is 0 Å². The van der Waals surface area contributed by atoms with Crippen molar-refractivity contribution in [3.63, 3.8) is 0 Å². The highest BCUT2D eigenvalue weighted by atomic mass is 16.5. The summed E-state index contributed by atoms with van der Waals surface area (Å²) in [4.78, 5) is 2.40. The van der Waals surface area contributed by atoms with E-state index in [1.165, 1.54) is 11.3 Å². The summed E-state index contributed by atoms with van der Waals surface area (Å²) in [5, 5.41) is 0. The largest absolute Gasteiger partial charge is 0.376 e. The van der Waals surface area contributed by atoms with E-state index in [-0.39, 0.29) is 0 Å². The summed E-state index contributed by atoms with van der Waals surface area (Å²) in [7, 11) is 0. The maximum Gasteiger partial charge on any atom is 0.0766 e. The second-order valence-electron chi connectivity index (χ2n) is 4.71. The number of ether oxygens (including phenoxy) is 1. The lowest BCUT2D eigenvalue weighted by Gasteiger charge is -2.18. The molecule has 0 spiro atoms. The normalized spacial score (nSPS) is 19.9. The van der Waals surface area contributed by atoms with Gasteiger partial charge in [0.25, 0.3) is 0 Å². The van der Waals surface area contributed by atoms with Crippen LogP contribution in [0.4, 0.5) is 5.69 Å². The summed E-state index contributed by atoms with van der Waals surface area (Å²) in [6.07, 6.45) is 2.46. The second kappa shape index (κ2) is 6.03. The fourth-order valence-electron chi connectivity index (χ4n) is 2.19. The molecule has 1 aromatic rings. The van der Waals surface area contributed by atoms with Gasteiger partial charge in [-0.05, 0) is 38.4 Å². The number of rotatable bonds is 5. The molecule has 0 aliphatic carbocycles. The van der Waals surface area contributed by atoms with E-state index in [1.807, 2.05) is 0 Å². The van der Waals surface area contributed by atoms with Crippen molar-refractivity contribution in [2.24, 2.45) is 5.73 Å². The van der Waals surface area contributed by atoms with Crippen LogP contribution in [0.15, 0.2) is 24.3 Å². The molecule has 1 aliphatic heterocycles. The highest BCUT2D eigenvalue weighted by Gasteiger charge is 2.22. The van der Waals surface area contributed by atoms with Gasteiger partial charge >= 0.3 is 0 Å². The van der Waals surface area contributed by atoms with Gasteiger partial charge in [-0.2, -0.15) is 0 Å². The average molecular weight is 234 g/mol. The molecule has 94 valence electrons. The number of hydrogen-bond acceptors (Lipinski definition) is 3. The molecule has 0 amide bonds. The quantitative estimate of drug-likeness (QED) is 0.791. The molecular formula is C14H22N2O. The van der Waals surface area contributed by atoms with Gasteiger partial charge in [0, 0.05) is 25.4 Å². The standard InChI is InChI=1S/C14H22N2O/c1-12-3-5-13(6-4-12)16-9-7-14(11-16)17-10-2-8-15/h3-6,14H,2,7-11,15H2,1H3/t14-/m1/s1. The van der Waals surface area contributed by atoms with Crippen LogP contribution in [0.3, 0.4) is 0 Å². The Kier molecular flexibility index (Phi) is 4.40. The van der Waals surface area contributed by atoms with Crippen molar-refractivity contribution < 1.29 is 4.74 Å². The molecule has 1 aliphatic rings. The molecule has 1 heterocycles. The third-order valence-corrected chi connectivity index (χ3v) is 3.25. The van der Waals surface area contributed by atoms with Crippen LogP contribution in [0, 0.1) is 6.92 Å². The van der Waals surface area contributed by atoms with E-state index in [2.05, 4.69) is 36.1 Å². The lowest BCUT2D eigenvalue weighted by Crippen LogP contribution is -2.23. The highest BCUT2D eigenvalue weighted by molar-refractivity contribution is 5.48. The van der Waals surface area contributed by atoms with Crippen LogP contribution >= 0.6 is 0 Å². The van der Waals surface area contributed by atoms with E-state index in [0.717, 1.165) is 32.5 Å². The molecule has 2 N–H and O–H groups in total. The van der Waals surface area contributed by atoms with Gasteiger partial charge < -0.3 is 15.4 Å². The molecule has 17 heavy (non-hydrogen) atoms. The van der Waals surface area contributed by atoms with Gasteiger partial charge in [-0.25, -0.2) is 0 Å². The number of nitrogens with zero attached hydrogens (tertiary/aromatic N) is 1. The number of hydrogen-bond donors (Lipinski definition) is 1. The molecule has 3 nitrogen and oxygen atoms in total. The minimum absolute atomic E-state index is 0.378. The predicted octanol–water partition coefficient (Wildman–Crippen LogP) is 1.94. The van der Waals surface area contributed by atoms with Crippen molar-refractivity contribution in [2.45, 2.75) is 25.9 Å². The van der Waals surface area contributed by atoms with Gasteiger partial charge in [-0.1, -0.05) is 17.7 Å². The first kappa shape index (κ1) is 12.4. The summed E-state index contributed by atoms with van der Waals surface area (Å²) in [6.45, 7) is 5.73. The third kappa shape index (κ3) is 3.45. The van der Waals surface area contributed by atoms with E-state index in [9.17, 15) is 0 Å². The van der Waals surface area contributed by atoms with Gasteiger partial charge in [-0.3, -0.25) is 0 Å². The molecule has 0 unspecified atom stereocenters. The van der Waals surface area contributed by atoms with Crippen molar-refractivity contribution in [1.82, 2.24) is 0 Å². The molecule has 0 saturated carbocycles. The van der Waals surface area contributed by atoms with Crippen molar-refractivity contribution in [2.75, 3.05) is 31.1 Å². The zero-order valence-corrected chi connectivity index (χ0v) is 10.6. The Balaban J connectivity index is 1.83. The fourth-order valence-corrected chi connectivity index (χ4v) is 2.19. The van der Waals surface area contributed by atoms with Crippen molar-refractivity contribution >= 4 is 5.69 Å². The predicted molar refractivity (Wildman–Crippen MR) is 71.4 cm³/mol. The topological polar surface area (TPSA) is 38.5 Å². The van der Waals surface area contributed by atoms with E-state index in [1.54, 1.807) is 0 Å². The molecule has 0 bridgehead atoms. The van der Waals surface area contributed by atoms with Crippen molar-refractivity contribution in [3.8, 4) is 0 Å². The lowest BCUT2D eigenvalue weighted by molar-refractivity contribution is 0.0676. The monoisotopic (exact) mass is 234 g/mol. The fraction of sp³-hybridized carbons (Fsp3) is 0.571. The Labute approximate surface area is 104 Å². The molecule has 2 rings (SSSR count). The minimum atomic E-state index is 0.378. The average Bonchev–Trinajstić information content (AvgIpc) is 2.79. The first-order valence-electron chi connectivity index (χ1n) is 6.43. The molecule has 1 aromatic carbocycles. The van der Waals surface area contributed by atoms with Crippen LogP contribution in [0.1, 0.15) is 18.4 Å². The summed E-state index contributed by atoms with van der Waals surface area (Å²) >= 11 is 0. The third-order valence-electron chi connectivity index (χ3n) is 3.25. The Bertz CT molecular complexity index is 337. The maximum atomic E-state index is 5.80. The Morgan fingerprint density at radius 1 is 1.35 bits per heavy atom.